The Balaban J connectivity index is 1.39. The summed E-state index contributed by atoms with van der Waals surface area (Å²) in [6.07, 6.45) is -3.22. The average Bonchev–Trinajstić information content (AvgIpc) is 3.12. The number of hydrogen-bond donors (Lipinski definition) is 3. The van der Waals surface area contributed by atoms with E-state index in [0.29, 0.717) is 39.6 Å². The Kier molecular flexibility index (Phi) is 12.2. The Morgan fingerprint density at radius 1 is 0.824 bits per heavy atom. The maximum Gasteiger partial charge on any atom is 0.418 e. The standard InChI is InChI=1S/C39H31ClF3N3O4S/c1-2-50-30-19-16-25(17-20-30)22-34(46-36(47)27-12-7-4-8-13-27)37(48)44-29-14-9-15-31(24-29)51-35(26-10-5-3-6-11-26)38(49)45-33-21-18-28(40)23-32(33)39(41,42)43/h3-24,35H,2H2,1H3,(H,44,48)(H,45,49)(H,46,47)/b34-22+. The third-order valence-electron chi connectivity index (χ3n) is 7.26. The highest BCUT2D eigenvalue weighted by Crippen LogP contribution is 2.40. The summed E-state index contributed by atoms with van der Waals surface area (Å²) in [7, 11) is 0. The van der Waals surface area contributed by atoms with E-state index in [9.17, 15) is 27.6 Å². The van der Waals surface area contributed by atoms with Gasteiger partial charge in [0.15, 0.2) is 0 Å². The van der Waals surface area contributed by atoms with Crippen LogP contribution in [0.1, 0.15) is 39.2 Å². The van der Waals surface area contributed by atoms with Gasteiger partial charge in [-0.25, -0.2) is 0 Å². The highest BCUT2D eigenvalue weighted by Gasteiger charge is 2.35. The first-order valence-electron chi connectivity index (χ1n) is 15.6. The zero-order valence-corrected chi connectivity index (χ0v) is 28.6. The van der Waals surface area contributed by atoms with Crippen molar-refractivity contribution in [3.63, 3.8) is 0 Å². The van der Waals surface area contributed by atoms with Gasteiger partial charge in [0.1, 0.15) is 16.7 Å². The number of benzene rings is 5. The van der Waals surface area contributed by atoms with E-state index in [-0.39, 0.29) is 10.7 Å². The van der Waals surface area contributed by atoms with Crippen LogP contribution in [-0.4, -0.2) is 24.3 Å². The molecule has 3 N–H and O–H groups in total. The van der Waals surface area contributed by atoms with Crippen molar-refractivity contribution in [2.45, 2.75) is 23.2 Å². The fourth-order valence-electron chi connectivity index (χ4n) is 4.88. The minimum atomic E-state index is -4.75. The molecule has 0 aliphatic carbocycles. The van der Waals surface area contributed by atoms with E-state index in [1.807, 2.05) is 6.92 Å². The van der Waals surface area contributed by atoms with Gasteiger partial charge in [0.25, 0.3) is 11.8 Å². The molecule has 5 aromatic carbocycles. The molecular formula is C39H31ClF3N3O4S. The maximum atomic E-state index is 13.8. The number of rotatable bonds is 12. The van der Waals surface area contributed by atoms with Crippen molar-refractivity contribution < 1.29 is 32.3 Å². The average molecular weight is 730 g/mol. The SMILES string of the molecule is CCOc1ccc(/C=C(/NC(=O)c2ccccc2)C(=O)Nc2cccc(SC(C(=O)Nc3ccc(Cl)cc3C(F)(F)F)c3ccccc3)c2)cc1. The number of ether oxygens (including phenoxy) is 1. The Bertz CT molecular complexity index is 2030. The van der Waals surface area contributed by atoms with E-state index >= 15 is 0 Å². The number of alkyl halides is 3. The molecule has 51 heavy (non-hydrogen) atoms. The van der Waals surface area contributed by atoms with Crippen LogP contribution in [0.25, 0.3) is 6.08 Å². The molecule has 0 aliphatic rings. The molecule has 5 rings (SSSR count). The number of thioether (sulfide) groups is 1. The number of carbonyl (C=O) groups excluding carboxylic acids is 3. The fourth-order valence-corrected chi connectivity index (χ4v) is 6.13. The minimum Gasteiger partial charge on any atom is -0.494 e. The van der Waals surface area contributed by atoms with Crippen molar-refractivity contribution in [2.75, 3.05) is 17.2 Å². The van der Waals surface area contributed by atoms with Crippen molar-refractivity contribution in [1.29, 1.82) is 0 Å². The molecule has 7 nitrogen and oxygen atoms in total. The molecular weight excluding hydrogens is 699 g/mol. The van der Waals surface area contributed by atoms with Crippen molar-refractivity contribution in [1.82, 2.24) is 5.32 Å². The molecule has 12 heteroatoms. The van der Waals surface area contributed by atoms with Crippen LogP contribution < -0.4 is 20.7 Å². The topological polar surface area (TPSA) is 96.5 Å². The second-order valence-corrected chi connectivity index (χ2v) is 12.6. The third-order valence-corrected chi connectivity index (χ3v) is 8.75. The second kappa shape index (κ2) is 16.9. The lowest BCUT2D eigenvalue weighted by Crippen LogP contribution is -2.30. The van der Waals surface area contributed by atoms with Gasteiger partial charge < -0.3 is 20.7 Å². The van der Waals surface area contributed by atoms with E-state index in [1.165, 1.54) is 12.1 Å². The molecule has 0 bridgehead atoms. The van der Waals surface area contributed by atoms with Crippen LogP contribution in [0.15, 0.2) is 138 Å². The first-order valence-corrected chi connectivity index (χ1v) is 16.9. The van der Waals surface area contributed by atoms with E-state index in [1.54, 1.807) is 109 Å². The lowest BCUT2D eigenvalue weighted by molar-refractivity contribution is -0.137. The molecule has 0 saturated heterocycles. The first kappa shape index (κ1) is 36.8. The minimum absolute atomic E-state index is 0.0314. The van der Waals surface area contributed by atoms with E-state index < -0.39 is 40.4 Å². The zero-order valence-electron chi connectivity index (χ0n) is 27.0. The van der Waals surface area contributed by atoms with E-state index in [2.05, 4.69) is 16.0 Å². The quantitative estimate of drug-likeness (QED) is 0.0878. The molecule has 0 heterocycles. The van der Waals surface area contributed by atoms with Crippen molar-refractivity contribution in [2.24, 2.45) is 0 Å². The number of anilines is 2. The van der Waals surface area contributed by atoms with Gasteiger partial charge in [-0.1, -0.05) is 78.3 Å². The molecule has 0 saturated carbocycles. The van der Waals surface area contributed by atoms with Crippen LogP contribution in [0.3, 0.4) is 0 Å². The van der Waals surface area contributed by atoms with Crippen LogP contribution in [0.5, 0.6) is 5.75 Å². The first-order chi connectivity index (χ1) is 24.5. The number of amides is 3. The summed E-state index contributed by atoms with van der Waals surface area (Å²) < 4.78 is 46.9. The Morgan fingerprint density at radius 2 is 1.51 bits per heavy atom. The van der Waals surface area contributed by atoms with Crippen LogP contribution >= 0.6 is 23.4 Å². The van der Waals surface area contributed by atoms with Crippen molar-refractivity contribution in [3.8, 4) is 5.75 Å². The number of hydrogen-bond acceptors (Lipinski definition) is 5. The summed E-state index contributed by atoms with van der Waals surface area (Å²) >= 11 is 6.91. The van der Waals surface area contributed by atoms with Crippen LogP contribution in [0.2, 0.25) is 5.02 Å². The summed E-state index contributed by atoms with van der Waals surface area (Å²) in [6.45, 7) is 2.36. The van der Waals surface area contributed by atoms with Gasteiger partial charge >= 0.3 is 6.18 Å². The molecule has 1 atom stereocenters. The van der Waals surface area contributed by atoms with E-state index in [0.717, 1.165) is 23.9 Å². The van der Waals surface area contributed by atoms with Gasteiger partial charge in [-0.05, 0) is 84.8 Å². The van der Waals surface area contributed by atoms with Gasteiger partial charge in [0, 0.05) is 21.2 Å². The number of carbonyl (C=O) groups is 3. The summed E-state index contributed by atoms with van der Waals surface area (Å²) in [5.74, 6) is -1.15. The largest absolute Gasteiger partial charge is 0.494 e. The molecule has 0 fully saturated rings. The molecule has 0 aliphatic heterocycles. The van der Waals surface area contributed by atoms with Crippen molar-refractivity contribution >= 4 is 58.5 Å². The van der Waals surface area contributed by atoms with Gasteiger partial charge in [0.05, 0.1) is 17.9 Å². The summed E-state index contributed by atoms with van der Waals surface area (Å²) in [6, 6.07) is 33.8. The summed E-state index contributed by atoms with van der Waals surface area (Å²) in [5, 5.41) is 6.83. The molecule has 3 amide bonds. The maximum absolute atomic E-state index is 13.8. The predicted molar refractivity (Wildman–Crippen MR) is 195 cm³/mol. The fraction of sp³-hybridized carbons (Fsp3) is 0.103. The summed E-state index contributed by atoms with van der Waals surface area (Å²) in [5.41, 5.74) is 0.347. The third kappa shape index (κ3) is 10.3. The lowest BCUT2D eigenvalue weighted by Gasteiger charge is -2.20. The van der Waals surface area contributed by atoms with Gasteiger partial charge in [0.2, 0.25) is 5.91 Å². The van der Waals surface area contributed by atoms with Gasteiger partial charge in [-0.2, -0.15) is 13.2 Å². The normalized spacial score (nSPS) is 12.1. The molecule has 5 aromatic rings. The molecule has 1 unspecified atom stereocenters. The second-order valence-electron chi connectivity index (χ2n) is 10.9. The molecule has 0 radical (unpaired) electrons. The summed E-state index contributed by atoms with van der Waals surface area (Å²) in [4.78, 5) is 40.9. The van der Waals surface area contributed by atoms with E-state index in [4.69, 9.17) is 16.3 Å². The number of halogens is 4. The van der Waals surface area contributed by atoms with Crippen molar-refractivity contribution in [3.05, 3.63) is 160 Å². The molecule has 260 valence electrons. The molecule has 0 spiro atoms. The van der Waals surface area contributed by atoms with Crippen LogP contribution in [-0.2, 0) is 15.8 Å². The Labute approximate surface area is 301 Å². The highest BCUT2D eigenvalue weighted by molar-refractivity contribution is 8.00. The highest BCUT2D eigenvalue weighted by atomic mass is 35.5. The zero-order chi connectivity index (χ0) is 36.4. The lowest BCUT2D eigenvalue weighted by atomic mass is 10.1. The van der Waals surface area contributed by atoms with Crippen LogP contribution in [0.4, 0.5) is 24.5 Å². The Hall–Kier alpha value is -5.52. The monoisotopic (exact) mass is 729 g/mol. The predicted octanol–water partition coefficient (Wildman–Crippen LogP) is 9.64. The van der Waals surface area contributed by atoms with Crippen LogP contribution in [0, 0.1) is 0 Å². The molecule has 0 aromatic heterocycles. The smallest absolute Gasteiger partial charge is 0.418 e. The van der Waals surface area contributed by atoms with Gasteiger partial charge in [-0.3, -0.25) is 14.4 Å². The number of nitrogens with one attached hydrogen (secondary N) is 3. The van der Waals surface area contributed by atoms with Gasteiger partial charge in [-0.15, -0.1) is 11.8 Å². The Morgan fingerprint density at radius 3 is 2.18 bits per heavy atom.